The lowest BCUT2D eigenvalue weighted by atomic mass is 9.89. The molecule has 0 saturated heterocycles. The number of ether oxygens (including phenoxy) is 1. The molecule has 2 N–H and O–H groups in total. The van der Waals surface area contributed by atoms with Crippen LogP contribution < -0.4 is 5.32 Å². The molecule has 0 aromatic heterocycles. The average molecular weight is 235 g/mol. The first-order valence-corrected chi connectivity index (χ1v) is 5.73. The quantitative estimate of drug-likeness (QED) is 0.836. The summed E-state index contributed by atoms with van der Waals surface area (Å²) in [5.74, 6) is -0.188. The number of methoxy groups -OCH3 is 1. The number of nitrogens with one attached hydrogen (secondary N) is 1. The van der Waals surface area contributed by atoms with Gasteiger partial charge in [-0.2, -0.15) is 0 Å². The van der Waals surface area contributed by atoms with Gasteiger partial charge in [0.05, 0.1) is 11.7 Å². The first-order chi connectivity index (χ1) is 8.10. The summed E-state index contributed by atoms with van der Waals surface area (Å²) in [5.41, 5.74) is 1.26. The number of hydrogen-bond acceptors (Lipinski definition) is 3. The fraction of sp³-hybridized carbons (Fsp3) is 0.462. The van der Waals surface area contributed by atoms with Crippen molar-refractivity contribution >= 4 is 5.91 Å². The summed E-state index contributed by atoms with van der Waals surface area (Å²) in [6.07, 6.45) is 1.94. The second kappa shape index (κ2) is 4.75. The Bertz CT molecular complexity index is 425. The molecule has 4 nitrogen and oxygen atoms in total. The summed E-state index contributed by atoms with van der Waals surface area (Å²) in [5, 5.41) is 12.6. The van der Waals surface area contributed by atoms with Crippen LogP contribution in [0.5, 0.6) is 5.75 Å². The van der Waals surface area contributed by atoms with E-state index < -0.39 is 0 Å². The van der Waals surface area contributed by atoms with Gasteiger partial charge in [-0.3, -0.25) is 4.79 Å². The highest BCUT2D eigenvalue weighted by molar-refractivity contribution is 5.97. The van der Waals surface area contributed by atoms with E-state index in [-0.39, 0.29) is 23.8 Å². The third kappa shape index (κ3) is 2.58. The molecule has 0 radical (unpaired) electrons. The molecule has 1 aliphatic rings. The van der Waals surface area contributed by atoms with E-state index in [0.29, 0.717) is 5.56 Å². The number of aryl methyl sites for hydroxylation is 1. The highest BCUT2D eigenvalue weighted by atomic mass is 16.5. The molecular formula is C13H17NO3. The first kappa shape index (κ1) is 11.9. The molecule has 1 amide bonds. The van der Waals surface area contributed by atoms with E-state index in [1.165, 1.54) is 0 Å². The predicted octanol–water partition coefficient (Wildman–Crippen LogP) is 1.61. The highest BCUT2D eigenvalue weighted by Gasteiger charge is 2.30. The molecule has 0 atom stereocenters. The first-order valence-electron chi connectivity index (χ1n) is 5.73. The van der Waals surface area contributed by atoms with Crippen LogP contribution in [-0.4, -0.2) is 30.3 Å². The van der Waals surface area contributed by atoms with E-state index in [0.717, 1.165) is 18.4 Å². The molecule has 17 heavy (non-hydrogen) atoms. The van der Waals surface area contributed by atoms with Gasteiger partial charge in [0.15, 0.2) is 0 Å². The second-order valence-corrected chi connectivity index (χ2v) is 4.52. The third-order valence-electron chi connectivity index (χ3n) is 3.16. The molecular weight excluding hydrogens is 218 g/mol. The molecule has 0 unspecified atom stereocenters. The number of aromatic hydroxyl groups is 1. The van der Waals surface area contributed by atoms with Crippen LogP contribution in [0.15, 0.2) is 18.2 Å². The molecule has 1 aliphatic carbocycles. The smallest absolute Gasteiger partial charge is 0.255 e. The Morgan fingerprint density at radius 1 is 1.47 bits per heavy atom. The van der Waals surface area contributed by atoms with Gasteiger partial charge in [-0.1, -0.05) is 6.07 Å². The van der Waals surface area contributed by atoms with Crippen molar-refractivity contribution in [1.82, 2.24) is 5.32 Å². The van der Waals surface area contributed by atoms with Crippen molar-refractivity contribution in [2.75, 3.05) is 7.11 Å². The lowest BCUT2D eigenvalue weighted by Gasteiger charge is -2.34. The molecule has 1 fully saturated rings. The van der Waals surface area contributed by atoms with Crippen molar-refractivity contribution < 1.29 is 14.6 Å². The van der Waals surface area contributed by atoms with Crippen LogP contribution in [0.3, 0.4) is 0 Å². The maximum atomic E-state index is 11.9. The molecule has 4 heteroatoms. The maximum Gasteiger partial charge on any atom is 0.255 e. The van der Waals surface area contributed by atoms with Crippen LogP contribution in [0.1, 0.15) is 28.8 Å². The Labute approximate surface area is 101 Å². The Kier molecular flexibility index (Phi) is 3.33. The van der Waals surface area contributed by atoms with Crippen molar-refractivity contribution in [3.63, 3.8) is 0 Å². The molecule has 0 heterocycles. The van der Waals surface area contributed by atoms with Crippen molar-refractivity contribution in [2.45, 2.75) is 31.9 Å². The summed E-state index contributed by atoms with van der Waals surface area (Å²) in [7, 11) is 1.68. The molecule has 0 bridgehead atoms. The van der Waals surface area contributed by atoms with Crippen LogP contribution in [0, 0.1) is 6.92 Å². The fourth-order valence-corrected chi connectivity index (χ4v) is 1.97. The van der Waals surface area contributed by atoms with Crippen molar-refractivity contribution in [3.05, 3.63) is 29.3 Å². The van der Waals surface area contributed by atoms with E-state index in [1.807, 2.05) is 13.0 Å². The number of phenolic OH excluding ortho intramolecular Hbond substituents is 1. The predicted molar refractivity (Wildman–Crippen MR) is 64.1 cm³/mol. The van der Waals surface area contributed by atoms with Gasteiger partial charge in [-0.25, -0.2) is 0 Å². The van der Waals surface area contributed by atoms with Crippen LogP contribution in [0.25, 0.3) is 0 Å². The van der Waals surface area contributed by atoms with Crippen molar-refractivity contribution in [3.8, 4) is 5.75 Å². The normalized spacial score (nSPS) is 22.9. The zero-order valence-corrected chi connectivity index (χ0v) is 10.1. The zero-order valence-electron chi connectivity index (χ0n) is 10.1. The van der Waals surface area contributed by atoms with Crippen LogP contribution in [-0.2, 0) is 4.74 Å². The fourth-order valence-electron chi connectivity index (χ4n) is 1.97. The minimum Gasteiger partial charge on any atom is -0.507 e. The zero-order chi connectivity index (χ0) is 12.4. The number of benzene rings is 1. The molecule has 0 spiro atoms. The summed E-state index contributed by atoms with van der Waals surface area (Å²) < 4.78 is 5.14. The van der Waals surface area contributed by atoms with E-state index in [4.69, 9.17) is 4.74 Å². The molecule has 2 rings (SSSR count). The summed E-state index contributed by atoms with van der Waals surface area (Å²) in [6, 6.07) is 5.21. The Morgan fingerprint density at radius 3 is 2.76 bits per heavy atom. The Balaban J connectivity index is 1.96. The van der Waals surface area contributed by atoms with Gasteiger partial charge < -0.3 is 15.2 Å². The molecule has 1 saturated carbocycles. The van der Waals surface area contributed by atoms with Gasteiger partial charge in [-0.15, -0.1) is 0 Å². The third-order valence-corrected chi connectivity index (χ3v) is 3.16. The topological polar surface area (TPSA) is 58.6 Å². The summed E-state index contributed by atoms with van der Waals surface area (Å²) in [4.78, 5) is 11.9. The van der Waals surface area contributed by atoms with Crippen molar-refractivity contribution in [1.29, 1.82) is 0 Å². The molecule has 0 aliphatic heterocycles. The van der Waals surface area contributed by atoms with Crippen LogP contribution in [0.2, 0.25) is 0 Å². The SMILES string of the molecule is COC1CC(NC(=O)c2ccc(C)cc2O)C1. The van der Waals surface area contributed by atoms with Gasteiger partial charge in [0.2, 0.25) is 0 Å². The number of rotatable bonds is 3. The van der Waals surface area contributed by atoms with E-state index >= 15 is 0 Å². The monoisotopic (exact) mass is 235 g/mol. The minimum absolute atomic E-state index is 0.0325. The minimum atomic E-state index is -0.220. The summed E-state index contributed by atoms with van der Waals surface area (Å²) >= 11 is 0. The Morgan fingerprint density at radius 2 is 2.18 bits per heavy atom. The van der Waals surface area contributed by atoms with Gasteiger partial charge in [0, 0.05) is 13.2 Å². The lowest BCUT2D eigenvalue weighted by molar-refractivity contribution is 0.0176. The standard InChI is InChI=1S/C13H17NO3/c1-8-3-4-11(12(15)5-8)13(16)14-9-6-10(7-9)17-2/h3-5,9-10,15H,6-7H2,1-2H3,(H,14,16). The highest BCUT2D eigenvalue weighted by Crippen LogP contribution is 2.24. The summed E-state index contributed by atoms with van der Waals surface area (Å²) in [6.45, 7) is 1.87. The molecule has 92 valence electrons. The lowest BCUT2D eigenvalue weighted by Crippen LogP contribution is -2.47. The number of hydrogen-bond donors (Lipinski definition) is 2. The maximum absolute atomic E-state index is 11.9. The van der Waals surface area contributed by atoms with Gasteiger partial charge >= 0.3 is 0 Å². The van der Waals surface area contributed by atoms with E-state index in [2.05, 4.69) is 5.32 Å². The molecule has 1 aromatic carbocycles. The van der Waals surface area contributed by atoms with Crippen molar-refractivity contribution in [2.24, 2.45) is 0 Å². The van der Waals surface area contributed by atoms with Gasteiger partial charge in [0.25, 0.3) is 5.91 Å². The van der Waals surface area contributed by atoms with Gasteiger partial charge in [-0.05, 0) is 37.5 Å². The van der Waals surface area contributed by atoms with E-state index in [1.54, 1.807) is 19.2 Å². The number of phenols is 1. The Hall–Kier alpha value is -1.55. The number of amides is 1. The second-order valence-electron chi connectivity index (χ2n) is 4.52. The largest absolute Gasteiger partial charge is 0.507 e. The van der Waals surface area contributed by atoms with Crippen LogP contribution >= 0.6 is 0 Å². The molecule has 1 aromatic rings. The van der Waals surface area contributed by atoms with Crippen LogP contribution in [0.4, 0.5) is 0 Å². The number of carbonyl (C=O) groups is 1. The van der Waals surface area contributed by atoms with E-state index in [9.17, 15) is 9.90 Å². The van der Waals surface area contributed by atoms with Gasteiger partial charge in [0.1, 0.15) is 5.75 Å². The average Bonchev–Trinajstić information content (AvgIpc) is 2.22. The number of carbonyl (C=O) groups excluding carboxylic acids is 1.